The Bertz CT molecular complexity index is 1320. The first kappa shape index (κ1) is 21.8. The summed E-state index contributed by atoms with van der Waals surface area (Å²) in [7, 11) is 0. The number of pyridine rings is 2. The molecule has 3 aromatic heterocycles. The Balaban J connectivity index is 1.64. The molecule has 4 aromatic rings. The number of carbonyl (C=O) groups is 1. The second-order valence-electron chi connectivity index (χ2n) is 8.17. The maximum absolute atomic E-state index is 11.5. The molecule has 7 nitrogen and oxygen atoms in total. The molecule has 1 aliphatic rings. The van der Waals surface area contributed by atoms with Crippen molar-refractivity contribution < 1.29 is 4.79 Å². The first-order chi connectivity index (χ1) is 16.5. The van der Waals surface area contributed by atoms with Crippen molar-refractivity contribution in [3.8, 4) is 5.69 Å². The number of anilines is 2. The molecule has 0 spiro atoms. The number of rotatable bonds is 5. The van der Waals surface area contributed by atoms with Crippen LogP contribution in [-0.4, -0.2) is 25.6 Å². The van der Waals surface area contributed by atoms with Gasteiger partial charge in [0, 0.05) is 42.1 Å². The van der Waals surface area contributed by atoms with Gasteiger partial charge in [-0.25, -0.2) is 0 Å². The Hall–Kier alpha value is -4.04. The molecule has 4 heterocycles. The van der Waals surface area contributed by atoms with Crippen LogP contribution in [-0.2, 0) is 4.79 Å². The van der Waals surface area contributed by atoms with Crippen LogP contribution < -0.4 is 15.5 Å². The number of aromatic nitrogens is 3. The number of aryl methyl sites for hydroxylation is 1. The molecule has 2 N–H and O–H groups in total. The first-order valence-electron chi connectivity index (χ1n) is 11.0. The van der Waals surface area contributed by atoms with Crippen molar-refractivity contribution in [1.82, 2.24) is 19.9 Å². The summed E-state index contributed by atoms with van der Waals surface area (Å²) in [5.74, 6) is -0.107. The molecule has 8 heteroatoms. The second-order valence-corrected chi connectivity index (χ2v) is 8.56. The third-order valence-corrected chi connectivity index (χ3v) is 6.19. The smallest absolute Gasteiger partial charge is 0.221 e. The van der Waals surface area contributed by atoms with Crippen molar-refractivity contribution in [2.75, 3.05) is 10.2 Å². The average molecular weight is 469 g/mol. The SMILES string of the molecule is CC(=O)Nc1ccc(N2C(=S)N[C@H](c3ccccn3)[C@H]2c2ccc(C)n2-c2cccnc2)cc1. The van der Waals surface area contributed by atoms with Gasteiger partial charge in [0.15, 0.2) is 5.11 Å². The van der Waals surface area contributed by atoms with Crippen molar-refractivity contribution in [3.05, 3.63) is 102 Å². The molecule has 34 heavy (non-hydrogen) atoms. The van der Waals surface area contributed by atoms with E-state index >= 15 is 0 Å². The molecule has 1 aliphatic heterocycles. The summed E-state index contributed by atoms with van der Waals surface area (Å²) in [5.41, 5.74) is 5.72. The summed E-state index contributed by atoms with van der Waals surface area (Å²) >= 11 is 5.84. The summed E-state index contributed by atoms with van der Waals surface area (Å²) in [6.45, 7) is 3.58. The minimum absolute atomic E-state index is 0.107. The van der Waals surface area contributed by atoms with E-state index in [0.29, 0.717) is 5.11 Å². The molecular formula is C26H24N6OS. The van der Waals surface area contributed by atoms with E-state index in [1.807, 2.05) is 60.8 Å². The number of hydrogen-bond donors (Lipinski definition) is 2. The van der Waals surface area contributed by atoms with Crippen molar-refractivity contribution in [3.63, 3.8) is 0 Å². The minimum atomic E-state index is -0.164. The monoisotopic (exact) mass is 468 g/mol. The second kappa shape index (κ2) is 9.07. The quantitative estimate of drug-likeness (QED) is 0.413. The summed E-state index contributed by atoms with van der Waals surface area (Å²) in [4.78, 5) is 22.5. The zero-order valence-electron chi connectivity index (χ0n) is 18.8. The maximum Gasteiger partial charge on any atom is 0.221 e. The Morgan fingerprint density at radius 3 is 2.50 bits per heavy atom. The fourth-order valence-corrected chi connectivity index (χ4v) is 4.82. The molecule has 0 aliphatic carbocycles. The summed E-state index contributed by atoms with van der Waals surface area (Å²) < 4.78 is 2.21. The predicted octanol–water partition coefficient (Wildman–Crippen LogP) is 4.71. The van der Waals surface area contributed by atoms with Gasteiger partial charge in [-0.2, -0.15) is 0 Å². The molecule has 170 valence electrons. The highest BCUT2D eigenvalue weighted by atomic mass is 32.1. The van der Waals surface area contributed by atoms with Crippen LogP contribution in [0, 0.1) is 6.92 Å². The number of amides is 1. The van der Waals surface area contributed by atoms with Gasteiger partial charge in [-0.15, -0.1) is 0 Å². The molecule has 1 aromatic carbocycles. The predicted molar refractivity (Wildman–Crippen MR) is 137 cm³/mol. The molecule has 5 rings (SSSR count). The molecule has 0 saturated carbocycles. The van der Waals surface area contributed by atoms with Gasteiger partial charge in [0.1, 0.15) is 6.04 Å². The van der Waals surface area contributed by atoms with Crippen molar-refractivity contribution in [2.45, 2.75) is 25.9 Å². The molecule has 1 saturated heterocycles. The van der Waals surface area contributed by atoms with Crippen molar-refractivity contribution in [1.29, 1.82) is 0 Å². The largest absolute Gasteiger partial charge is 0.351 e. The average Bonchev–Trinajstić information content (AvgIpc) is 3.39. The van der Waals surface area contributed by atoms with Gasteiger partial charge in [0.2, 0.25) is 5.91 Å². The first-order valence-corrected chi connectivity index (χ1v) is 11.4. The molecule has 2 atom stereocenters. The number of benzene rings is 1. The molecule has 0 radical (unpaired) electrons. The molecule has 1 fully saturated rings. The number of nitrogens with one attached hydrogen (secondary N) is 2. The van der Waals surface area contributed by atoms with Gasteiger partial charge in [0.05, 0.1) is 23.6 Å². The topological polar surface area (TPSA) is 75.1 Å². The molecule has 1 amide bonds. The standard InChI is InChI=1S/C26H24N6OS/c1-17-8-13-23(31(17)21-6-5-14-27-16-21)25-24(22-7-3-4-15-28-22)30-26(34)32(25)20-11-9-19(10-12-20)29-18(2)33/h3-16,24-25H,1-2H3,(H,29,33)(H,30,34)/t24-,25-/m1/s1. The lowest BCUT2D eigenvalue weighted by atomic mass is 10.0. The fourth-order valence-electron chi connectivity index (χ4n) is 4.47. The van der Waals surface area contributed by atoms with E-state index in [1.165, 1.54) is 6.92 Å². The lowest BCUT2D eigenvalue weighted by Crippen LogP contribution is -2.30. The van der Waals surface area contributed by atoms with E-state index in [1.54, 1.807) is 12.4 Å². The summed E-state index contributed by atoms with van der Waals surface area (Å²) in [6.07, 6.45) is 5.43. The number of hydrogen-bond acceptors (Lipinski definition) is 4. The van der Waals surface area contributed by atoms with Crippen molar-refractivity contribution in [2.24, 2.45) is 0 Å². The number of carbonyl (C=O) groups excluding carboxylic acids is 1. The van der Waals surface area contributed by atoms with E-state index in [4.69, 9.17) is 12.2 Å². The zero-order valence-corrected chi connectivity index (χ0v) is 19.7. The van der Waals surface area contributed by atoms with Crippen LogP contribution in [0.1, 0.15) is 36.1 Å². The van der Waals surface area contributed by atoms with Crippen molar-refractivity contribution >= 4 is 34.6 Å². The highest BCUT2D eigenvalue weighted by molar-refractivity contribution is 7.80. The normalized spacial score (nSPS) is 17.5. The van der Waals surface area contributed by atoms with E-state index < -0.39 is 0 Å². The highest BCUT2D eigenvalue weighted by Crippen LogP contribution is 2.42. The van der Waals surface area contributed by atoms with Gasteiger partial charge in [-0.3, -0.25) is 14.8 Å². The maximum atomic E-state index is 11.5. The Morgan fingerprint density at radius 1 is 1.00 bits per heavy atom. The number of thiocarbonyl (C=S) groups is 1. The van der Waals surface area contributed by atoms with Crippen LogP contribution in [0.5, 0.6) is 0 Å². The number of nitrogens with zero attached hydrogens (tertiary/aromatic N) is 4. The zero-order chi connectivity index (χ0) is 23.7. The van der Waals surface area contributed by atoms with E-state index in [2.05, 4.69) is 49.1 Å². The minimum Gasteiger partial charge on any atom is -0.351 e. The molecular weight excluding hydrogens is 444 g/mol. The van der Waals surface area contributed by atoms with Gasteiger partial charge in [0.25, 0.3) is 0 Å². The van der Waals surface area contributed by atoms with E-state index in [0.717, 1.165) is 34.1 Å². The molecule has 0 unspecified atom stereocenters. The Morgan fingerprint density at radius 2 is 1.82 bits per heavy atom. The highest BCUT2D eigenvalue weighted by Gasteiger charge is 2.42. The lowest BCUT2D eigenvalue weighted by molar-refractivity contribution is -0.114. The molecule has 0 bridgehead atoms. The fraction of sp³-hybridized carbons (Fsp3) is 0.154. The van der Waals surface area contributed by atoms with E-state index in [9.17, 15) is 4.79 Å². The van der Waals surface area contributed by atoms with Crippen LogP contribution in [0.2, 0.25) is 0 Å². The van der Waals surface area contributed by atoms with Crippen LogP contribution in [0.4, 0.5) is 11.4 Å². The summed E-state index contributed by atoms with van der Waals surface area (Å²) in [6, 6.07) is 21.5. The summed E-state index contributed by atoms with van der Waals surface area (Å²) in [5, 5.41) is 6.93. The van der Waals surface area contributed by atoms with Gasteiger partial charge in [-0.1, -0.05) is 6.07 Å². The third kappa shape index (κ3) is 4.04. The van der Waals surface area contributed by atoms with Crippen LogP contribution >= 0.6 is 12.2 Å². The Kier molecular flexibility index (Phi) is 5.81. The van der Waals surface area contributed by atoms with E-state index in [-0.39, 0.29) is 18.0 Å². The van der Waals surface area contributed by atoms with Gasteiger partial charge >= 0.3 is 0 Å². The van der Waals surface area contributed by atoms with Gasteiger partial charge in [-0.05, 0) is 79.8 Å². The lowest BCUT2D eigenvalue weighted by Gasteiger charge is -2.29. The Labute approximate surface area is 203 Å². The third-order valence-electron chi connectivity index (χ3n) is 5.88. The van der Waals surface area contributed by atoms with Crippen LogP contribution in [0.25, 0.3) is 5.69 Å². The van der Waals surface area contributed by atoms with Crippen LogP contribution in [0.15, 0.2) is 85.3 Å². The van der Waals surface area contributed by atoms with Crippen LogP contribution in [0.3, 0.4) is 0 Å². The van der Waals surface area contributed by atoms with Gasteiger partial charge < -0.3 is 20.1 Å².